The number of ether oxygens (including phenoxy) is 2. The van der Waals surface area contributed by atoms with Crippen molar-refractivity contribution in [3.63, 3.8) is 0 Å². The molecule has 1 aliphatic rings. The molecule has 2 atom stereocenters. The fourth-order valence-electron chi connectivity index (χ4n) is 2.24. The zero-order chi connectivity index (χ0) is 16.3. The molecule has 1 heterocycles. The van der Waals surface area contributed by atoms with Crippen LogP contribution in [0.15, 0.2) is 24.3 Å². The summed E-state index contributed by atoms with van der Waals surface area (Å²) in [5, 5.41) is 0. The number of hydrogen-bond donors (Lipinski definition) is 0. The SMILES string of the molecule is CC1CN(C(=O)COc2cccc(C(F)(F)F)c2)C(C)CO1. The molecule has 1 fully saturated rings. The first-order valence-electron chi connectivity index (χ1n) is 6.98. The van der Waals surface area contributed by atoms with Crippen LogP contribution < -0.4 is 4.74 Å². The van der Waals surface area contributed by atoms with Gasteiger partial charge in [0, 0.05) is 6.54 Å². The fourth-order valence-corrected chi connectivity index (χ4v) is 2.24. The average Bonchev–Trinajstić information content (AvgIpc) is 2.47. The van der Waals surface area contributed by atoms with Gasteiger partial charge < -0.3 is 14.4 Å². The lowest BCUT2D eigenvalue weighted by Crippen LogP contribution is -2.51. The van der Waals surface area contributed by atoms with E-state index in [9.17, 15) is 18.0 Å². The normalized spacial score (nSPS) is 22.5. The second-order valence-corrected chi connectivity index (χ2v) is 5.35. The maximum absolute atomic E-state index is 12.6. The molecular weight excluding hydrogens is 299 g/mol. The van der Waals surface area contributed by atoms with Gasteiger partial charge in [0.05, 0.1) is 24.3 Å². The van der Waals surface area contributed by atoms with Crippen LogP contribution in [0.1, 0.15) is 19.4 Å². The molecule has 0 N–H and O–H groups in total. The Morgan fingerprint density at radius 3 is 2.82 bits per heavy atom. The fraction of sp³-hybridized carbons (Fsp3) is 0.533. The highest BCUT2D eigenvalue weighted by molar-refractivity contribution is 5.78. The van der Waals surface area contributed by atoms with Gasteiger partial charge in [-0.2, -0.15) is 13.2 Å². The topological polar surface area (TPSA) is 38.8 Å². The zero-order valence-corrected chi connectivity index (χ0v) is 12.4. The highest BCUT2D eigenvalue weighted by Gasteiger charge is 2.31. The number of benzene rings is 1. The summed E-state index contributed by atoms with van der Waals surface area (Å²) in [4.78, 5) is 13.8. The molecule has 2 unspecified atom stereocenters. The molecule has 0 bridgehead atoms. The van der Waals surface area contributed by atoms with Crippen LogP contribution in [-0.4, -0.2) is 42.7 Å². The van der Waals surface area contributed by atoms with Crippen LogP contribution in [0.3, 0.4) is 0 Å². The Balaban J connectivity index is 1.96. The van der Waals surface area contributed by atoms with Gasteiger partial charge in [-0.15, -0.1) is 0 Å². The van der Waals surface area contributed by atoms with Crippen LogP contribution in [0.5, 0.6) is 5.75 Å². The van der Waals surface area contributed by atoms with Crippen LogP contribution in [-0.2, 0) is 15.7 Å². The summed E-state index contributed by atoms with van der Waals surface area (Å²) in [7, 11) is 0. The minimum Gasteiger partial charge on any atom is -0.484 e. The molecule has 22 heavy (non-hydrogen) atoms. The van der Waals surface area contributed by atoms with E-state index in [-0.39, 0.29) is 30.4 Å². The summed E-state index contributed by atoms with van der Waals surface area (Å²) in [5.74, 6) is -0.239. The van der Waals surface area contributed by atoms with Crippen LogP contribution in [0.4, 0.5) is 13.2 Å². The molecule has 1 aliphatic heterocycles. The number of nitrogens with zero attached hydrogens (tertiary/aromatic N) is 1. The van der Waals surface area contributed by atoms with Crippen LogP contribution in [0, 0.1) is 0 Å². The Morgan fingerprint density at radius 2 is 2.14 bits per heavy atom. The quantitative estimate of drug-likeness (QED) is 0.860. The van der Waals surface area contributed by atoms with Crippen molar-refractivity contribution in [3.05, 3.63) is 29.8 Å². The summed E-state index contributed by atoms with van der Waals surface area (Å²) in [6, 6.07) is 4.42. The predicted octanol–water partition coefficient (Wildman–Crippen LogP) is 2.72. The largest absolute Gasteiger partial charge is 0.484 e. The molecule has 4 nitrogen and oxygen atoms in total. The molecule has 122 valence electrons. The summed E-state index contributed by atoms with van der Waals surface area (Å²) in [6.07, 6.45) is -4.49. The first kappa shape index (κ1) is 16.6. The van der Waals surface area contributed by atoms with Crippen molar-refractivity contribution in [2.24, 2.45) is 0 Å². The summed E-state index contributed by atoms with van der Waals surface area (Å²) < 4.78 is 48.5. The van der Waals surface area contributed by atoms with Gasteiger partial charge in [0.25, 0.3) is 5.91 Å². The molecule has 1 aromatic rings. The second-order valence-electron chi connectivity index (χ2n) is 5.35. The van der Waals surface area contributed by atoms with Crippen LogP contribution >= 0.6 is 0 Å². The van der Waals surface area contributed by atoms with E-state index >= 15 is 0 Å². The molecule has 0 radical (unpaired) electrons. The maximum Gasteiger partial charge on any atom is 0.416 e. The highest BCUT2D eigenvalue weighted by atomic mass is 19.4. The third kappa shape index (κ3) is 4.13. The Kier molecular flexibility index (Phi) is 4.95. The third-order valence-corrected chi connectivity index (χ3v) is 3.45. The number of carbonyl (C=O) groups is 1. The number of amides is 1. The van der Waals surface area contributed by atoms with Crippen LogP contribution in [0.25, 0.3) is 0 Å². The molecule has 0 aliphatic carbocycles. The minimum atomic E-state index is -4.43. The van der Waals surface area contributed by atoms with Crippen molar-refractivity contribution in [1.82, 2.24) is 4.90 Å². The van der Waals surface area contributed by atoms with Gasteiger partial charge >= 0.3 is 6.18 Å². The first-order chi connectivity index (χ1) is 10.3. The monoisotopic (exact) mass is 317 g/mol. The number of hydrogen-bond acceptors (Lipinski definition) is 3. The molecule has 1 aromatic carbocycles. The zero-order valence-electron chi connectivity index (χ0n) is 12.4. The Labute approximate surface area is 126 Å². The highest BCUT2D eigenvalue weighted by Crippen LogP contribution is 2.31. The molecule has 0 saturated carbocycles. The molecule has 7 heteroatoms. The number of morpholine rings is 1. The molecule has 0 aromatic heterocycles. The summed E-state index contributed by atoms with van der Waals surface area (Å²) >= 11 is 0. The Bertz CT molecular complexity index is 533. The van der Waals surface area contributed by atoms with Gasteiger partial charge in [-0.05, 0) is 32.0 Å². The second kappa shape index (κ2) is 6.56. The molecule has 1 amide bonds. The van der Waals surface area contributed by atoms with E-state index in [1.165, 1.54) is 12.1 Å². The third-order valence-electron chi connectivity index (χ3n) is 3.45. The van der Waals surface area contributed by atoms with Gasteiger partial charge in [-0.3, -0.25) is 4.79 Å². The first-order valence-corrected chi connectivity index (χ1v) is 6.98. The van der Waals surface area contributed by atoms with Crippen molar-refractivity contribution < 1.29 is 27.4 Å². The molecule has 2 rings (SSSR count). The Morgan fingerprint density at radius 1 is 1.41 bits per heavy atom. The standard InChI is InChI=1S/C15H18F3NO3/c1-10-8-21-11(2)7-19(10)14(20)9-22-13-5-3-4-12(6-13)15(16,17)18/h3-6,10-11H,7-9H2,1-2H3. The van der Waals surface area contributed by atoms with Gasteiger partial charge in [0.1, 0.15) is 5.75 Å². The number of halogens is 3. The van der Waals surface area contributed by atoms with E-state index in [2.05, 4.69) is 0 Å². The van der Waals surface area contributed by atoms with E-state index < -0.39 is 11.7 Å². The van der Waals surface area contributed by atoms with Crippen molar-refractivity contribution in [2.75, 3.05) is 19.8 Å². The number of rotatable bonds is 3. The minimum absolute atomic E-state index is 0.0251. The van der Waals surface area contributed by atoms with Gasteiger partial charge in [-0.25, -0.2) is 0 Å². The maximum atomic E-state index is 12.6. The Hall–Kier alpha value is -1.76. The van der Waals surface area contributed by atoms with Gasteiger partial charge in [-0.1, -0.05) is 6.07 Å². The van der Waals surface area contributed by atoms with Crippen molar-refractivity contribution in [2.45, 2.75) is 32.2 Å². The smallest absolute Gasteiger partial charge is 0.416 e. The van der Waals surface area contributed by atoms with Gasteiger partial charge in [0.2, 0.25) is 0 Å². The van der Waals surface area contributed by atoms with E-state index in [0.29, 0.717) is 13.2 Å². The number of carbonyl (C=O) groups excluding carboxylic acids is 1. The van der Waals surface area contributed by atoms with Crippen molar-refractivity contribution >= 4 is 5.91 Å². The predicted molar refractivity (Wildman–Crippen MR) is 73.5 cm³/mol. The molecule has 1 saturated heterocycles. The molecule has 0 spiro atoms. The summed E-state index contributed by atoms with van der Waals surface area (Å²) in [6.45, 7) is 4.31. The number of alkyl halides is 3. The van der Waals surface area contributed by atoms with Gasteiger partial charge in [0.15, 0.2) is 6.61 Å². The summed E-state index contributed by atoms with van der Waals surface area (Å²) in [5.41, 5.74) is -0.800. The lowest BCUT2D eigenvalue weighted by molar-refractivity contribution is -0.145. The lowest BCUT2D eigenvalue weighted by atomic mass is 10.2. The van der Waals surface area contributed by atoms with E-state index in [4.69, 9.17) is 9.47 Å². The van der Waals surface area contributed by atoms with E-state index in [1.54, 1.807) is 4.90 Å². The van der Waals surface area contributed by atoms with Crippen molar-refractivity contribution in [3.8, 4) is 5.75 Å². The average molecular weight is 317 g/mol. The lowest BCUT2D eigenvalue weighted by Gasteiger charge is -2.36. The molecular formula is C15H18F3NO3. The van der Waals surface area contributed by atoms with E-state index in [0.717, 1.165) is 12.1 Å². The van der Waals surface area contributed by atoms with Crippen LogP contribution in [0.2, 0.25) is 0 Å². The van der Waals surface area contributed by atoms with E-state index in [1.807, 2.05) is 13.8 Å². The van der Waals surface area contributed by atoms with Crippen molar-refractivity contribution in [1.29, 1.82) is 0 Å².